The van der Waals surface area contributed by atoms with Crippen LogP contribution in [0.15, 0.2) is 70.3 Å². The molecule has 0 radical (unpaired) electrons. The number of carbonyl (C=O) groups is 2. The topological polar surface area (TPSA) is 106 Å². The van der Waals surface area contributed by atoms with Gasteiger partial charge in [-0.15, -0.1) is 0 Å². The van der Waals surface area contributed by atoms with E-state index in [1.54, 1.807) is 55.5 Å². The van der Waals surface area contributed by atoms with Crippen molar-refractivity contribution in [2.75, 3.05) is 13.7 Å². The second-order valence-electron chi connectivity index (χ2n) is 10.4. The molecule has 12 heteroatoms. The number of nitrogens with one attached hydrogen (secondary N) is 2. The van der Waals surface area contributed by atoms with Crippen molar-refractivity contribution in [3.63, 3.8) is 0 Å². The number of ether oxygens (including phenoxy) is 2. The fourth-order valence-electron chi connectivity index (χ4n) is 5.95. The summed E-state index contributed by atoms with van der Waals surface area (Å²) in [7, 11) is 1.48. The zero-order chi connectivity index (χ0) is 29.6. The smallest absolute Gasteiger partial charge is 0.406 e. The number of hydrazine groups is 1. The lowest BCUT2D eigenvalue weighted by atomic mass is 9.85. The van der Waals surface area contributed by atoms with Gasteiger partial charge in [-0.05, 0) is 49.5 Å². The first kappa shape index (κ1) is 27.8. The predicted molar refractivity (Wildman–Crippen MR) is 145 cm³/mol. The zero-order valence-electron chi connectivity index (χ0n) is 22.9. The first-order chi connectivity index (χ1) is 20.2. The second kappa shape index (κ2) is 10.8. The molecule has 1 fully saturated rings. The minimum absolute atomic E-state index is 0.00697. The van der Waals surface area contributed by atoms with E-state index in [0.717, 1.165) is 5.01 Å². The fourth-order valence-corrected chi connectivity index (χ4v) is 5.95. The van der Waals surface area contributed by atoms with Crippen molar-refractivity contribution in [1.82, 2.24) is 20.7 Å². The third-order valence-corrected chi connectivity index (χ3v) is 7.94. The molecule has 9 nitrogen and oxygen atoms in total. The Hall–Kier alpha value is -4.32. The van der Waals surface area contributed by atoms with E-state index < -0.39 is 30.2 Å². The number of para-hydroxylation sites is 1. The van der Waals surface area contributed by atoms with Gasteiger partial charge < -0.3 is 19.2 Å². The number of esters is 1. The lowest BCUT2D eigenvalue weighted by molar-refractivity contribution is -0.161. The van der Waals surface area contributed by atoms with E-state index in [1.807, 2.05) is 6.08 Å². The molecule has 220 valence electrons. The Bertz CT molecular complexity index is 1580. The molecule has 3 heterocycles. The highest BCUT2D eigenvalue weighted by molar-refractivity contribution is 6.21. The number of allylic oxidation sites excluding steroid dienone is 2. The highest BCUT2D eigenvalue weighted by Crippen LogP contribution is 2.44. The van der Waals surface area contributed by atoms with E-state index in [4.69, 9.17) is 13.9 Å². The molecule has 3 aromatic rings. The van der Waals surface area contributed by atoms with Gasteiger partial charge in [0.15, 0.2) is 11.1 Å². The first-order valence-electron chi connectivity index (χ1n) is 13.7. The Balaban J connectivity index is 1.48. The summed E-state index contributed by atoms with van der Waals surface area (Å²) in [5.41, 5.74) is 4.61. The maximum absolute atomic E-state index is 14.4. The van der Waals surface area contributed by atoms with E-state index >= 15 is 0 Å². The summed E-state index contributed by atoms with van der Waals surface area (Å²) in [6, 6.07) is 11.4. The molecule has 1 aliphatic carbocycles. The molecule has 2 aliphatic heterocycles. The maximum atomic E-state index is 14.4. The Morgan fingerprint density at radius 2 is 1.95 bits per heavy atom. The van der Waals surface area contributed by atoms with E-state index in [-0.39, 0.29) is 30.0 Å². The number of fused-ring (bicyclic) bond motifs is 2. The Kier molecular flexibility index (Phi) is 7.17. The molecule has 3 aliphatic rings. The summed E-state index contributed by atoms with van der Waals surface area (Å²) in [6.07, 6.45) is -2.66. The van der Waals surface area contributed by atoms with Gasteiger partial charge in [-0.1, -0.05) is 42.5 Å². The van der Waals surface area contributed by atoms with Crippen LogP contribution < -0.4 is 15.5 Å². The average Bonchev–Trinajstić information content (AvgIpc) is 3.60. The monoisotopic (exact) mass is 582 g/mol. The van der Waals surface area contributed by atoms with Crippen LogP contribution in [0, 0.1) is 5.92 Å². The van der Waals surface area contributed by atoms with Gasteiger partial charge in [-0.2, -0.15) is 13.2 Å². The summed E-state index contributed by atoms with van der Waals surface area (Å²) < 4.78 is 59.8. The molecule has 0 spiro atoms. The average molecular weight is 583 g/mol. The predicted octanol–water partition coefficient (Wildman–Crippen LogP) is 4.83. The van der Waals surface area contributed by atoms with Gasteiger partial charge in [0.2, 0.25) is 5.89 Å². The van der Waals surface area contributed by atoms with Crippen LogP contribution in [0.2, 0.25) is 0 Å². The molecule has 0 saturated carbocycles. The molecule has 1 amide bonds. The summed E-state index contributed by atoms with van der Waals surface area (Å²) in [4.78, 5) is 31.1. The van der Waals surface area contributed by atoms with E-state index in [0.29, 0.717) is 52.9 Å². The number of aromatic nitrogens is 1. The van der Waals surface area contributed by atoms with Crippen molar-refractivity contribution in [3.05, 3.63) is 77.3 Å². The normalized spacial score (nSPS) is 24.4. The molecule has 2 aromatic carbocycles. The lowest BCUT2D eigenvalue weighted by Crippen LogP contribution is -2.55. The third kappa shape index (κ3) is 4.79. The molecule has 2 N–H and O–H groups in total. The number of halogens is 3. The number of alkyl halides is 3. The van der Waals surface area contributed by atoms with Crippen molar-refractivity contribution >= 4 is 28.5 Å². The highest BCUT2D eigenvalue weighted by Gasteiger charge is 2.58. The Morgan fingerprint density at radius 3 is 2.62 bits per heavy atom. The van der Waals surface area contributed by atoms with Gasteiger partial charge >= 0.3 is 12.1 Å². The number of benzene rings is 2. The number of amides is 1. The number of carbonyl (C=O) groups excluding carboxylic acids is 2. The maximum Gasteiger partial charge on any atom is 0.406 e. The number of oxazole rings is 1. The number of methoxy groups -OCH3 is 1. The van der Waals surface area contributed by atoms with Gasteiger partial charge in [-0.3, -0.25) is 9.59 Å². The van der Waals surface area contributed by atoms with Crippen LogP contribution in [0.4, 0.5) is 13.2 Å². The summed E-state index contributed by atoms with van der Waals surface area (Å²) in [6.45, 7) is 2.01. The highest BCUT2D eigenvalue weighted by atomic mass is 19.4. The largest absolute Gasteiger partial charge is 0.494 e. The zero-order valence-corrected chi connectivity index (χ0v) is 22.9. The SMILES string of the molecule is CCOC(=O)C1CC=C(C2=C(c3nc4c(OC)cccc4o3)C(=O)N3NC(C(F)(F)F)C(c4ccccc4)C3N2)CC1. The molecule has 1 saturated heterocycles. The van der Waals surface area contributed by atoms with Crippen LogP contribution in [0.1, 0.15) is 43.6 Å². The standard InChI is InChI=1S/C30H29F3N4O5/c1-3-41-29(39)18-14-12-17(13-15-18)23-22(27-35-24-19(40-2)10-7-11-20(24)42-27)28(38)37-26(34-23)21(16-8-5-4-6-9-16)25(36-37)30(31,32)33/h4-12,18,21,25-26,34,36H,3,13-15H2,1-2H3. The minimum Gasteiger partial charge on any atom is -0.494 e. The number of nitrogens with zero attached hydrogens (tertiary/aromatic N) is 2. The summed E-state index contributed by atoms with van der Waals surface area (Å²) in [5.74, 6) is -2.13. The Morgan fingerprint density at radius 1 is 1.17 bits per heavy atom. The van der Waals surface area contributed by atoms with Gasteiger partial charge in [-0.25, -0.2) is 15.4 Å². The fraction of sp³-hybridized carbons (Fsp3) is 0.367. The summed E-state index contributed by atoms with van der Waals surface area (Å²) in [5, 5.41) is 4.26. The van der Waals surface area contributed by atoms with Gasteiger partial charge in [0.05, 0.1) is 31.2 Å². The van der Waals surface area contributed by atoms with Gasteiger partial charge in [0, 0.05) is 0 Å². The third-order valence-electron chi connectivity index (χ3n) is 7.94. The van der Waals surface area contributed by atoms with E-state index in [9.17, 15) is 22.8 Å². The van der Waals surface area contributed by atoms with Crippen molar-refractivity contribution in [2.45, 2.75) is 50.5 Å². The van der Waals surface area contributed by atoms with E-state index in [2.05, 4.69) is 15.7 Å². The molecule has 42 heavy (non-hydrogen) atoms. The van der Waals surface area contributed by atoms with Crippen LogP contribution in [0.3, 0.4) is 0 Å². The van der Waals surface area contributed by atoms with Crippen molar-refractivity contribution in [3.8, 4) is 5.75 Å². The molecule has 4 atom stereocenters. The second-order valence-corrected chi connectivity index (χ2v) is 10.4. The van der Waals surface area contributed by atoms with Gasteiger partial charge in [0.1, 0.15) is 23.5 Å². The van der Waals surface area contributed by atoms with Crippen LogP contribution >= 0.6 is 0 Å². The van der Waals surface area contributed by atoms with Crippen LogP contribution in [0.25, 0.3) is 16.7 Å². The van der Waals surface area contributed by atoms with Crippen LogP contribution in [-0.4, -0.2) is 54.0 Å². The number of hydrogen-bond donors (Lipinski definition) is 2. The molecular formula is C30H29F3N4O5. The van der Waals surface area contributed by atoms with Crippen molar-refractivity contribution in [2.24, 2.45) is 5.92 Å². The first-order valence-corrected chi connectivity index (χ1v) is 13.7. The number of rotatable bonds is 6. The van der Waals surface area contributed by atoms with Gasteiger partial charge in [0.25, 0.3) is 5.91 Å². The molecule has 0 bridgehead atoms. The van der Waals surface area contributed by atoms with E-state index in [1.165, 1.54) is 7.11 Å². The minimum atomic E-state index is -4.65. The van der Waals surface area contributed by atoms with Crippen LogP contribution in [-0.2, 0) is 14.3 Å². The van der Waals surface area contributed by atoms with Crippen molar-refractivity contribution < 1.29 is 36.7 Å². The quantitative estimate of drug-likeness (QED) is 0.399. The summed E-state index contributed by atoms with van der Waals surface area (Å²) >= 11 is 0. The van der Waals surface area contributed by atoms with Crippen LogP contribution in [0.5, 0.6) is 5.75 Å². The molecule has 6 rings (SSSR count). The number of hydrogen-bond acceptors (Lipinski definition) is 8. The lowest BCUT2D eigenvalue weighted by Gasteiger charge is -2.36. The Labute approximate surface area is 239 Å². The molecule has 4 unspecified atom stereocenters. The molecule has 1 aromatic heterocycles. The molecular weight excluding hydrogens is 553 g/mol. The van der Waals surface area contributed by atoms with Crippen molar-refractivity contribution in [1.29, 1.82) is 0 Å².